The Kier molecular flexibility index (Phi) is 5.90. The molecule has 0 radical (unpaired) electrons. The van der Waals surface area contributed by atoms with Gasteiger partial charge < -0.3 is 15.4 Å². The predicted octanol–water partition coefficient (Wildman–Crippen LogP) is 3.07. The molecule has 1 aromatic carbocycles. The van der Waals surface area contributed by atoms with Crippen molar-refractivity contribution < 1.29 is 9.53 Å². The first kappa shape index (κ1) is 16.6. The van der Waals surface area contributed by atoms with Gasteiger partial charge >= 0.3 is 0 Å². The lowest BCUT2D eigenvalue weighted by atomic mass is 10.1. The summed E-state index contributed by atoms with van der Waals surface area (Å²) in [7, 11) is 0. The Morgan fingerprint density at radius 1 is 1.57 bits per heavy atom. The molecule has 1 aromatic rings. The second kappa shape index (κ2) is 7.47. The van der Waals surface area contributed by atoms with Gasteiger partial charge in [-0.15, -0.1) is 0 Å². The van der Waals surface area contributed by atoms with Crippen LogP contribution in [0.2, 0.25) is 5.02 Å². The lowest BCUT2D eigenvalue weighted by Crippen LogP contribution is -2.35. The number of rotatable bonds is 5. The summed E-state index contributed by atoms with van der Waals surface area (Å²) in [6.45, 7) is 3.84. The van der Waals surface area contributed by atoms with E-state index in [-0.39, 0.29) is 11.9 Å². The molecule has 2 rings (SSSR count). The molecule has 1 aliphatic rings. The fourth-order valence-electron chi connectivity index (χ4n) is 2.64. The van der Waals surface area contributed by atoms with Crippen LogP contribution in [0.25, 0.3) is 0 Å². The summed E-state index contributed by atoms with van der Waals surface area (Å²) in [6.07, 6.45) is 1.36. The maximum Gasteiger partial charge on any atom is 0.226 e. The number of nitrogens with two attached hydrogens (primary N) is 1. The van der Waals surface area contributed by atoms with Gasteiger partial charge in [-0.2, -0.15) is 0 Å². The highest BCUT2D eigenvalue weighted by atomic mass is 79.9. The number of halogens is 2. The van der Waals surface area contributed by atoms with Gasteiger partial charge in [0.15, 0.2) is 0 Å². The minimum absolute atomic E-state index is 0.128. The average molecular weight is 376 g/mol. The van der Waals surface area contributed by atoms with Crippen LogP contribution < -0.4 is 10.5 Å². The molecule has 6 heteroatoms. The minimum atomic E-state index is 0.128. The summed E-state index contributed by atoms with van der Waals surface area (Å²) in [5.74, 6) is 1.25. The molecule has 0 bridgehead atoms. The Balaban J connectivity index is 1.82. The normalized spacial score (nSPS) is 21.6. The molecule has 1 saturated heterocycles. The number of hydrogen-bond donors (Lipinski definition) is 1. The van der Waals surface area contributed by atoms with Gasteiger partial charge in [-0.25, -0.2) is 0 Å². The van der Waals surface area contributed by atoms with Gasteiger partial charge in [0, 0.05) is 17.6 Å². The molecular formula is C15H20BrClN2O2. The Bertz CT molecular complexity index is 512. The van der Waals surface area contributed by atoms with Crippen LogP contribution in [-0.4, -0.2) is 36.5 Å². The van der Waals surface area contributed by atoms with Crippen LogP contribution in [0, 0.1) is 5.92 Å². The van der Waals surface area contributed by atoms with Crippen molar-refractivity contribution in [3.8, 4) is 5.75 Å². The number of amides is 1. The van der Waals surface area contributed by atoms with Crippen LogP contribution in [0.3, 0.4) is 0 Å². The van der Waals surface area contributed by atoms with E-state index in [1.54, 1.807) is 18.2 Å². The fourth-order valence-corrected chi connectivity index (χ4v) is 3.44. The Morgan fingerprint density at radius 3 is 2.95 bits per heavy atom. The smallest absolute Gasteiger partial charge is 0.226 e. The van der Waals surface area contributed by atoms with Crippen LogP contribution in [0.4, 0.5) is 0 Å². The van der Waals surface area contributed by atoms with E-state index in [1.807, 2.05) is 4.90 Å². The first-order valence-electron chi connectivity index (χ1n) is 7.08. The molecule has 1 aliphatic heterocycles. The quantitative estimate of drug-likeness (QED) is 0.860. The van der Waals surface area contributed by atoms with Crippen LogP contribution >= 0.6 is 27.5 Å². The van der Waals surface area contributed by atoms with Crippen LogP contribution in [0.5, 0.6) is 5.75 Å². The van der Waals surface area contributed by atoms with E-state index in [9.17, 15) is 4.79 Å². The predicted molar refractivity (Wildman–Crippen MR) is 87.6 cm³/mol. The van der Waals surface area contributed by atoms with E-state index in [0.717, 1.165) is 17.4 Å². The molecule has 2 unspecified atom stereocenters. The third kappa shape index (κ3) is 4.34. The van der Waals surface area contributed by atoms with E-state index >= 15 is 0 Å². The average Bonchev–Trinajstić information content (AvgIpc) is 2.82. The molecule has 1 heterocycles. The molecule has 0 spiro atoms. The number of nitrogens with zero attached hydrogens (tertiary/aromatic N) is 1. The van der Waals surface area contributed by atoms with Crippen molar-refractivity contribution in [1.29, 1.82) is 0 Å². The van der Waals surface area contributed by atoms with Gasteiger partial charge in [-0.05, 0) is 59.9 Å². The lowest BCUT2D eigenvalue weighted by Gasteiger charge is -2.21. The molecule has 21 heavy (non-hydrogen) atoms. The van der Waals surface area contributed by atoms with E-state index in [0.29, 0.717) is 36.3 Å². The zero-order valence-electron chi connectivity index (χ0n) is 12.0. The third-order valence-electron chi connectivity index (χ3n) is 3.78. The summed E-state index contributed by atoms with van der Waals surface area (Å²) >= 11 is 9.26. The monoisotopic (exact) mass is 374 g/mol. The zero-order chi connectivity index (χ0) is 15.4. The molecule has 0 aromatic heterocycles. The number of ether oxygens (including phenoxy) is 1. The van der Waals surface area contributed by atoms with E-state index in [1.165, 1.54) is 0 Å². The Hall–Kier alpha value is -0.780. The highest BCUT2D eigenvalue weighted by Crippen LogP contribution is 2.28. The SMILES string of the molecule is CC1CC(CN)CN1C(=O)CCOc1ccc(Cl)cc1Br. The topological polar surface area (TPSA) is 55.6 Å². The van der Waals surface area contributed by atoms with Crippen molar-refractivity contribution in [3.63, 3.8) is 0 Å². The molecule has 1 amide bonds. The fraction of sp³-hybridized carbons (Fsp3) is 0.533. The van der Waals surface area contributed by atoms with Crippen molar-refractivity contribution in [2.45, 2.75) is 25.8 Å². The summed E-state index contributed by atoms with van der Waals surface area (Å²) in [4.78, 5) is 14.1. The van der Waals surface area contributed by atoms with Crippen molar-refractivity contribution in [2.24, 2.45) is 11.7 Å². The van der Waals surface area contributed by atoms with Crippen LogP contribution in [0.1, 0.15) is 19.8 Å². The summed E-state index contributed by atoms with van der Waals surface area (Å²) in [5, 5.41) is 0.643. The van der Waals surface area contributed by atoms with Gasteiger partial charge in [-0.3, -0.25) is 4.79 Å². The highest BCUT2D eigenvalue weighted by molar-refractivity contribution is 9.10. The van der Waals surface area contributed by atoms with Gasteiger partial charge in [0.2, 0.25) is 5.91 Å². The number of hydrogen-bond acceptors (Lipinski definition) is 3. The summed E-state index contributed by atoms with van der Waals surface area (Å²) in [5.41, 5.74) is 5.68. The first-order valence-corrected chi connectivity index (χ1v) is 8.25. The standard InChI is InChI=1S/C15H20BrClN2O2/c1-10-6-11(8-18)9-19(10)15(20)4-5-21-14-3-2-12(17)7-13(14)16/h2-3,7,10-11H,4-6,8-9,18H2,1H3. The van der Waals surface area contributed by atoms with Crippen molar-refractivity contribution in [3.05, 3.63) is 27.7 Å². The maximum absolute atomic E-state index is 12.2. The van der Waals surface area contributed by atoms with Crippen LogP contribution in [0.15, 0.2) is 22.7 Å². The number of benzene rings is 1. The largest absolute Gasteiger partial charge is 0.492 e. The van der Waals surface area contributed by atoms with Crippen molar-refractivity contribution in [2.75, 3.05) is 19.7 Å². The molecule has 4 nitrogen and oxygen atoms in total. The second-order valence-electron chi connectivity index (χ2n) is 5.41. The van der Waals surface area contributed by atoms with Crippen LogP contribution in [-0.2, 0) is 4.79 Å². The summed E-state index contributed by atoms with van der Waals surface area (Å²) < 4.78 is 6.42. The maximum atomic E-state index is 12.2. The number of likely N-dealkylation sites (tertiary alicyclic amines) is 1. The number of carbonyl (C=O) groups is 1. The Morgan fingerprint density at radius 2 is 2.33 bits per heavy atom. The minimum Gasteiger partial charge on any atom is -0.492 e. The van der Waals surface area contributed by atoms with E-state index < -0.39 is 0 Å². The van der Waals surface area contributed by atoms with Gasteiger partial charge in [0.25, 0.3) is 0 Å². The molecule has 2 N–H and O–H groups in total. The van der Waals surface area contributed by atoms with E-state index in [2.05, 4.69) is 22.9 Å². The highest BCUT2D eigenvalue weighted by Gasteiger charge is 2.31. The molecule has 1 fully saturated rings. The van der Waals surface area contributed by atoms with Crippen molar-refractivity contribution >= 4 is 33.4 Å². The third-order valence-corrected chi connectivity index (χ3v) is 4.64. The van der Waals surface area contributed by atoms with Gasteiger partial charge in [0.1, 0.15) is 5.75 Å². The van der Waals surface area contributed by atoms with Gasteiger partial charge in [-0.1, -0.05) is 11.6 Å². The molecule has 2 atom stereocenters. The molecule has 0 aliphatic carbocycles. The molecule has 0 saturated carbocycles. The lowest BCUT2D eigenvalue weighted by molar-refractivity contribution is -0.132. The zero-order valence-corrected chi connectivity index (χ0v) is 14.4. The van der Waals surface area contributed by atoms with Gasteiger partial charge in [0.05, 0.1) is 17.5 Å². The molecular weight excluding hydrogens is 356 g/mol. The molecule has 116 valence electrons. The number of carbonyl (C=O) groups excluding carboxylic acids is 1. The van der Waals surface area contributed by atoms with Crippen molar-refractivity contribution in [1.82, 2.24) is 4.90 Å². The Labute approximate surface area is 138 Å². The first-order chi connectivity index (χ1) is 10.0. The van der Waals surface area contributed by atoms with E-state index in [4.69, 9.17) is 22.1 Å². The summed E-state index contributed by atoms with van der Waals surface area (Å²) in [6, 6.07) is 5.60. The second-order valence-corrected chi connectivity index (χ2v) is 6.70.